The molecule has 0 spiro atoms. The molecule has 8 heteroatoms. The highest BCUT2D eigenvalue weighted by Crippen LogP contribution is 2.32. The molecule has 25 heavy (non-hydrogen) atoms. The normalized spacial score (nSPS) is 11.1. The zero-order valence-corrected chi connectivity index (χ0v) is 14.1. The number of nitrogens with zero attached hydrogens (tertiary/aromatic N) is 6. The van der Waals surface area contributed by atoms with E-state index in [1.807, 2.05) is 23.6 Å². The van der Waals surface area contributed by atoms with Gasteiger partial charge in [-0.2, -0.15) is 0 Å². The summed E-state index contributed by atoms with van der Waals surface area (Å²) in [5.41, 5.74) is 1.63. The van der Waals surface area contributed by atoms with Crippen LogP contribution in [0.4, 0.5) is 4.39 Å². The van der Waals surface area contributed by atoms with Gasteiger partial charge < -0.3 is 4.57 Å². The van der Waals surface area contributed by atoms with Crippen LogP contribution in [0, 0.1) is 5.82 Å². The highest BCUT2D eigenvalue weighted by Gasteiger charge is 2.16. The third-order valence-corrected chi connectivity index (χ3v) is 4.72. The molecule has 0 aliphatic rings. The minimum Gasteiger partial charge on any atom is -0.302 e. The van der Waals surface area contributed by atoms with Gasteiger partial charge in [-0.25, -0.2) is 14.4 Å². The van der Waals surface area contributed by atoms with E-state index in [-0.39, 0.29) is 5.82 Å². The first-order valence-corrected chi connectivity index (χ1v) is 8.49. The Balaban J connectivity index is 1.77. The molecule has 0 saturated heterocycles. The summed E-state index contributed by atoms with van der Waals surface area (Å²) in [5, 5.41) is 10.6. The number of halogens is 1. The summed E-state index contributed by atoms with van der Waals surface area (Å²) in [6, 6.07) is 8.25. The molecule has 3 aromatic heterocycles. The van der Waals surface area contributed by atoms with Gasteiger partial charge in [0.05, 0.1) is 5.52 Å². The van der Waals surface area contributed by atoms with Crippen LogP contribution < -0.4 is 0 Å². The molecule has 4 rings (SSSR count). The van der Waals surface area contributed by atoms with Crippen LogP contribution in [0.25, 0.3) is 22.3 Å². The fourth-order valence-corrected chi connectivity index (χ4v) is 3.49. The maximum atomic E-state index is 13.6. The molecule has 0 aliphatic heterocycles. The Bertz CT molecular complexity index is 1030. The van der Waals surface area contributed by atoms with Crippen LogP contribution in [0.15, 0.2) is 59.2 Å². The number of hydrogen-bond donors (Lipinski definition) is 0. The van der Waals surface area contributed by atoms with Crippen LogP contribution >= 0.6 is 11.8 Å². The summed E-state index contributed by atoms with van der Waals surface area (Å²) in [6.07, 6.45) is 4.91. The van der Waals surface area contributed by atoms with E-state index in [4.69, 9.17) is 0 Å². The Morgan fingerprint density at radius 3 is 2.72 bits per heavy atom. The Morgan fingerprint density at radius 2 is 1.92 bits per heavy atom. The van der Waals surface area contributed by atoms with Crippen molar-refractivity contribution in [3.8, 4) is 11.4 Å². The molecule has 0 amide bonds. The first kappa shape index (κ1) is 15.6. The van der Waals surface area contributed by atoms with Crippen molar-refractivity contribution in [2.45, 2.75) is 23.7 Å². The van der Waals surface area contributed by atoms with Crippen molar-refractivity contribution >= 4 is 22.7 Å². The number of hydrogen-bond acceptors (Lipinski definition) is 6. The molecule has 124 valence electrons. The molecule has 0 fully saturated rings. The van der Waals surface area contributed by atoms with Gasteiger partial charge >= 0.3 is 0 Å². The first-order valence-electron chi connectivity index (χ1n) is 7.68. The summed E-state index contributed by atoms with van der Waals surface area (Å²) >= 11 is 1.35. The lowest BCUT2D eigenvalue weighted by atomic mass is 10.2. The highest BCUT2D eigenvalue weighted by atomic mass is 32.2. The van der Waals surface area contributed by atoms with E-state index in [9.17, 15) is 4.39 Å². The van der Waals surface area contributed by atoms with Crippen molar-refractivity contribution in [2.75, 3.05) is 0 Å². The number of aromatic nitrogens is 6. The molecule has 0 saturated carbocycles. The van der Waals surface area contributed by atoms with E-state index >= 15 is 0 Å². The minimum atomic E-state index is -0.321. The van der Waals surface area contributed by atoms with E-state index in [0.29, 0.717) is 27.6 Å². The minimum absolute atomic E-state index is 0.321. The lowest BCUT2D eigenvalue weighted by Crippen LogP contribution is -2.00. The van der Waals surface area contributed by atoms with Crippen LogP contribution in [-0.2, 0) is 6.54 Å². The largest absolute Gasteiger partial charge is 0.302 e. The van der Waals surface area contributed by atoms with Crippen LogP contribution in [0.1, 0.15) is 6.92 Å². The summed E-state index contributed by atoms with van der Waals surface area (Å²) < 4.78 is 15.6. The second-order valence-electron chi connectivity index (χ2n) is 5.23. The Morgan fingerprint density at radius 1 is 1.08 bits per heavy atom. The molecule has 0 bridgehead atoms. The van der Waals surface area contributed by atoms with E-state index in [2.05, 4.69) is 25.1 Å². The van der Waals surface area contributed by atoms with E-state index in [0.717, 1.165) is 11.4 Å². The van der Waals surface area contributed by atoms with Crippen molar-refractivity contribution < 1.29 is 4.39 Å². The standard InChI is InChI=1S/C17H13FN6S/c1-2-24-15(11-5-7-19-8-6-11)22-23-17(24)25-16-13-9-12(18)3-4-14(13)20-10-21-16/h3-10H,2H2,1H3. The lowest BCUT2D eigenvalue weighted by molar-refractivity contribution is 0.629. The molecule has 1 aromatic carbocycles. The van der Waals surface area contributed by atoms with Gasteiger partial charge in [0.15, 0.2) is 11.0 Å². The maximum absolute atomic E-state index is 13.6. The molecular formula is C17H13FN6S. The average Bonchev–Trinajstić information content (AvgIpc) is 3.05. The van der Waals surface area contributed by atoms with Crippen molar-refractivity contribution in [3.05, 3.63) is 54.9 Å². The quantitative estimate of drug-likeness (QED) is 0.523. The third kappa shape index (κ3) is 2.96. The van der Waals surface area contributed by atoms with E-state index < -0.39 is 0 Å². The Labute approximate surface area is 147 Å². The van der Waals surface area contributed by atoms with E-state index in [1.54, 1.807) is 18.5 Å². The maximum Gasteiger partial charge on any atom is 0.197 e. The Hall–Kier alpha value is -2.87. The van der Waals surface area contributed by atoms with Gasteiger partial charge in [-0.05, 0) is 49.0 Å². The lowest BCUT2D eigenvalue weighted by Gasteiger charge is -2.08. The van der Waals surface area contributed by atoms with Crippen molar-refractivity contribution in [1.82, 2.24) is 29.7 Å². The zero-order chi connectivity index (χ0) is 17.2. The van der Waals surface area contributed by atoms with Gasteiger partial charge in [0.2, 0.25) is 0 Å². The summed E-state index contributed by atoms with van der Waals surface area (Å²) in [5.74, 6) is 0.440. The second-order valence-corrected chi connectivity index (χ2v) is 6.18. The first-order chi connectivity index (χ1) is 12.3. The molecule has 4 aromatic rings. The van der Waals surface area contributed by atoms with Gasteiger partial charge in [0, 0.05) is 29.9 Å². The number of rotatable bonds is 4. The van der Waals surface area contributed by atoms with E-state index in [1.165, 1.54) is 30.2 Å². The molecular weight excluding hydrogens is 339 g/mol. The van der Waals surface area contributed by atoms with Gasteiger partial charge in [0.1, 0.15) is 17.2 Å². The fourth-order valence-electron chi connectivity index (χ4n) is 2.54. The monoisotopic (exact) mass is 352 g/mol. The topological polar surface area (TPSA) is 69.4 Å². The number of benzene rings is 1. The summed E-state index contributed by atoms with van der Waals surface area (Å²) in [6.45, 7) is 2.72. The molecule has 6 nitrogen and oxygen atoms in total. The molecule has 0 radical (unpaired) electrons. The van der Waals surface area contributed by atoms with Gasteiger partial charge in [-0.3, -0.25) is 4.98 Å². The van der Waals surface area contributed by atoms with Crippen molar-refractivity contribution in [1.29, 1.82) is 0 Å². The van der Waals surface area contributed by atoms with Gasteiger partial charge in [0.25, 0.3) is 0 Å². The fraction of sp³-hybridized carbons (Fsp3) is 0.118. The average molecular weight is 352 g/mol. The van der Waals surface area contributed by atoms with Gasteiger partial charge in [-0.15, -0.1) is 10.2 Å². The van der Waals surface area contributed by atoms with Crippen LogP contribution in [0.5, 0.6) is 0 Å². The highest BCUT2D eigenvalue weighted by molar-refractivity contribution is 7.99. The smallest absolute Gasteiger partial charge is 0.197 e. The SMILES string of the molecule is CCn1c(Sc2ncnc3ccc(F)cc23)nnc1-c1ccncc1. The summed E-state index contributed by atoms with van der Waals surface area (Å²) in [7, 11) is 0. The molecule has 0 atom stereocenters. The van der Waals surface area contributed by atoms with Crippen molar-refractivity contribution in [2.24, 2.45) is 0 Å². The molecule has 0 unspecified atom stereocenters. The molecule has 3 heterocycles. The summed E-state index contributed by atoms with van der Waals surface area (Å²) in [4.78, 5) is 12.5. The van der Waals surface area contributed by atoms with Crippen molar-refractivity contribution in [3.63, 3.8) is 0 Å². The number of fused-ring (bicyclic) bond motifs is 1. The van der Waals surface area contributed by atoms with Crippen LogP contribution in [0.3, 0.4) is 0 Å². The predicted molar refractivity (Wildman–Crippen MR) is 92.5 cm³/mol. The second kappa shape index (κ2) is 6.56. The molecule has 0 aliphatic carbocycles. The van der Waals surface area contributed by atoms with Crippen LogP contribution in [0.2, 0.25) is 0 Å². The Kier molecular flexibility index (Phi) is 4.10. The predicted octanol–water partition coefficient (Wildman–Crippen LogP) is 3.59. The zero-order valence-electron chi connectivity index (χ0n) is 13.3. The third-order valence-electron chi connectivity index (χ3n) is 3.72. The van der Waals surface area contributed by atoms with Gasteiger partial charge in [-0.1, -0.05) is 0 Å². The van der Waals surface area contributed by atoms with Crippen LogP contribution in [-0.4, -0.2) is 29.7 Å². The molecule has 0 N–H and O–H groups in total. The number of pyridine rings is 1.